The third kappa shape index (κ3) is 3.17. The summed E-state index contributed by atoms with van der Waals surface area (Å²) in [5, 5.41) is 0. The highest BCUT2D eigenvalue weighted by atomic mass is 16.5. The molecular formula is C7H15N3O2. The number of hydrazine groups is 1. The molecule has 5 nitrogen and oxygen atoms in total. The molecule has 0 aromatic carbocycles. The van der Waals surface area contributed by atoms with E-state index in [1.54, 1.807) is 0 Å². The Kier molecular flexibility index (Phi) is 3.99. The third-order valence-electron chi connectivity index (χ3n) is 1.84. The van der Waals surface area contributed by atoms with Gasteiger partial charge in [0.05, 0.1) is 13.2 Å². The van der Waals surface area contributed by atoms with Crippen molar-refractivity contribution in [2.45, 2.75) is 6.42 Å². The Morgan fingerprint density at radius 1 is 1.50 bits per heavy atom. The first-order valence-corrected chi connectivity index (χ1v) is 4.12. The van der Waals surface area contributed by atoms with Gasteiger partial charge in [0.2, 0.25) is 5.91 Å². The molecule has 0 spiro atoms. The number of hydrogen-bond donors (Lipinski definition) is 2. The summed E-state index contributed by atoms with van der Waals surface area (Å²) in [6.45, 7) is 3.60. The molecule has 0 aromatic rings. The molecule has 0 saturated carbocycles. The van der Waals surface area contributed by atoms with Crippen molar-refractivity contribution >= 4 is 5.91 Å². The first-order chi connectivity index (χ1) is 5.83. The summed E-state index contributed by atoms with van der Waals surface area (Å²) < 4.78 is 5.24. The molecular weight excluding hydrogens is 158 g/mol. The van der Waals surface area contributed by atoms with Crippen LogP contribution in [0, 0.1) is 0 Å². The molecule has 70 valence electrons. The molecule has 1 rings (SSSR count). The van der Waals surface area contributed by atoms with Crippen LogP contribution in [0.5, 0.6) is 0 Å². The van der Waals surface area contributed by atoms with Gasteiger partial charge in [-0.1, -0.05) is 0 Å². The van der Waals surface area contributed by atoms with E-state index in [4.69, 9.17) is 10.6 Å². The second-order valence-corrected chi connectivity index (χ2v) is 2.81. The summed E-state index contributed by atoms with van der Waals surface area (Å²) in [6.07, 6.45) is 0.984. The van der Waals surface area contributed by atoms with Crippen LogP contribution in [0.15, 0.2) is 0 Å². The quantitative estimate of drug-likeness (QED) is 0.309. The monoisotopic (exact) mass is 173 g/mol. The minimum atomic E-state index is -0.142. The van der Waals surface area contributed by atoms with Gasteiger partial charge < -0.3 is 4.74 Å². The van der Waals surface area contributed by atoms with Crippen molar-refractivity contribution in [2.24, 2.45) is 5.84 Å². The smallest absolute Gasteiger partial charge is 0.248 e. The maximum Gasteiger partial charge on any atom is 0.248 e. The number of amides is 1. The van der Waals surface area contributed by atoms with E-state index in [2.05, 4.69) is 5.43 Å². The van der Waals surface area contributed by atoms with Crippen LogP contribution in [0.4, 0.5) is 0 Å². The van der Waals surface area contributed by atoms with Gasteiger partial charge in [0.1, 0.15) is 0 Å². The van der Waals surface area contributed by atoms with Crippen molar-refractivity contribution in [3.05, 3.63) is 0 Å². The zero-order valence-corrected chi connectivity index (χ0v) is 7.08. The number of nitrogens with two attached hydrogens (primary N) is 1. The fourth-order valence-corrected chi connectivity index (χ4v) is 1.20. The van der Waals surface area contributed by atoms with E-state index in [0.29, 0.717) is 13.2 Å². The summed E-state index contributed by atoms with van der Waals surface area (Å²) in [5.41, 5.74) is 2.11. The first-order valence-electron chi connectivity index (χ1n) is 4.12. The van der Waals surface area contributed by atoms with Gasteiger partial charge in [0.15, 0.2) is 0 Å². The summed E-state index contributed by atoms with van der Waals surface area (Å²) in [5.74, 6) is 4.83. The van der Waals surface area contributed by atoms with Crippen LogP contribution in [0.25, 0.3) is 0 Å². The van der Waals surface area contributed by atoms with Crippen molar-refractivity contribution in [1.82, 2.24) is 10.3 Å². The number of nitrogens with zero attached hydrogens (tertiary/aromatic N) is 1. The highest BCUT2D eigenvalue weighted by molar-refractivity contribution is 5.77. The van der Waals surface area contributed by atoms with Crippen LogP contribution in [-0.4, -0.2) is 43.7 Å². The zero-order valence-electron chi connectivity index (χ0n) is 7.08. The molecule has 0 bridgehead atoms. The molecule has 0 aromatic heterocycles. The van der Waals surface area contributed by atoms with Crippen molar-refractivity contribution in [1.29, 1.82) is 0 Å². The van der Waals surface area contributed by atoms with Crippen LogP contribution in [0.3, 0.4) is 0 Å². The Labute approximate surface area is 71.8 Å². The molecule has 0 radical (unpaired) electrons. The predicted octanol–water partition coefficient (Wildman–Crippen LogP) is -1.30. The van der Waals surface area contributed by atoms with Gasteiger partial charge in [-0.3, -0.25) is 15.1 Å². The van der Waals surface area contributed by atoms with Crippen molar-refractivity contribution in [2.75, 3.05) is 32.8 Å². The number of carbonyl (C=O) groups excluding carboxylic acids is 1. The highest BCUT2D eigenvalue weighted by Crippen LogP contribution is 1.97. The van der Waals surface area contributed by atoms with Gasteiger partial charge in [-0.15, -0.1) is 0 Å². The molecule has 5 heteroatoms. The Morgan fingerprint density at radius 2 is 2.33 bits per heavy atom. The number of carbonyl (C=O) groups is 1. The van der Waals surface area contributed by atoms with E-state index < -0.39 is 0 Å². The van der Waals surface area contributed by atoms with Crippen LogP contribution in [0.1, 0.15) is 6.42 Å². The molecule has 1 saturated heterocycles. The average Bonchev–Trinajstić information content (AvgIpc) is 2.33. The number of rotatable bonds is 2. The summed E-state index contributed by atoms with van der Waals surface area (Å²) in [4.78, 5) is 12.9. The summed E-state index contributed by atoms with van der Waals surface area (Å²) in [6, 6.07) is 0. The molecule has 0 aliphatic carbocycles. The van der Waals surface area contributed by atoms with Gasteiger partial charge in [-0.2, -0.15) is 0 Å². The molecule has 1 fully saturated rings. The minimum Gasteiger partial charge on any atom is -0.380 e. The average molecular weight is 173 g/mol. The van der Waals surface area contributed by atoms with E-state index in [0.717, 1.165) is 26.1 Å². The fraction of sp³-hybridized carbons (Fsp3) is 0.857. The van der Waals surface area contributed by atoms with Crippen molar-refractivity contribution in [3.8, 4) is 0 Å². The lowest BCUT2D eigenvalue weighted by Crippen LogP contribution is -2.41. The molecule has 12 heavy (non-hydrogen) atoms. The number of ether oxygens (including phenoxy) is 1. The number of hydrogen-bond acceptors (Lipinski definition) is 4. The van der Waals surface area contributed by atoms with E-state index in [1.165, 1.54) is 0 Å². The van der Waals surface area contributed by atoms with Gasteiger partial charge in [0, 0.05) is 19.7 Å². The molecule has 3 N–H and O–H groups in total. The van der Waals surface area contributed by atoms with E-state index in [-0.39, 0.29) is 5.91 Å². The SMILES string of the molecule is NNC(=O)CN1CCCOCC1. The lowest BCUT2D eigenvalue weighted by molar-refractivity contribution is -0.122. The van der Waals surface area contributed by atoms with Crippen LogP contribution in [-0.2, 0) is 9.53 Å². The zero-order chi connectivity index (χ0) is 8.81. The van der Waals surface area contributed by atoms with Gasteiger partial charge in [0.25, 0.3) is 0 Å². The second-order valence-electron chi connectivity index (χ2n) is 2.81. The third-order valence-corrected chi connectivity index (χ3v) is 1.84. The predicted molar refractivity (Wildman–Crippen MR) is 44.2 cm³/mol. The normalized spacial score (nSPS) is 20.1. The lowest BCUT2D eigenvalue weighted by Gasteiger charge is -2.16. The van der Waals surface area contributed by atoms with E-state index in [1.807, 2.05) is 4.90 Å². The van der Waals surface area contributed by atoms with Gasteiger partial charge in [-0.25, -0.2) is 5.84 Å². The maximum absolute atomic E-state index is 10.9. The van der Waals surface area contributed by atoms with E-state index in [9.17, 15) is 4.79 Å². The molecule has 0 unspecified atom stereocenters. The standard InChI is InChI=1S/C7H15N3O2/c8-9-7(11)6-10-2-1-4-12-5-3-10/h1-6,8H2,(H,9,11). The summed E-state index contributed by atoms with van der Waals surface area (Å²) >= 11 is 0. The Hall–Kier alpha value is -0.650. The van der Waals surface area contributed by atoms with Gasteiger partial charge in [-0.05, 0) is 6.42 Å². The molecule has 1 amide bonds. The lowest BCUT2D eigenvalue weighted by atomic mass is 10.4. The summed E-state index contributed by atoms with van der Waals surface area (Å²) in [7, 11) is 0. The number of nitrogens with one attached hydrogen (secondary N) is 1. The highest BCUT2D eigenvalue weighted by Gasteiger charge is 2.11. The van der Waals surface area contributed by atoms with Crippen LogP contribution in [0.2, 0.25) is 0 Å². The van der Waals surface area contributed by atoms with Gasteiger partial charge >= 0.3 is 0 Å². The largest absolute Gasteiger partial charge is 0.380 e. The van der Waals surface area contributed by atoms with Crippen molar-refractivity contribution < 1.29 is 9.53 Å². The maximum atomic E-state index is 10.9. The molecule has 1 aliphatic heterocycles. The molecule has 1 aliphatic rings. The fourth-order valence-electron chi connectivity index (χ4n) is 1.20. The second kappa shape index (κ2) is 5.08. The topological polar surface area (TPSA) is 67.6 Å². The first kappa shape index (κ1) is 9.44. The van der Waals surface area contributed by atoms with Crippen LogP contribution >= 0.6 is 0 Å². The molecule has 0 atom stereocenters. The molecule has 1 heterocycles. The Bertz CT molecular complexity index is 144. The minimum absolute atomic E-state index is 0.142. The van der Waals surface area contributed by atoms with E-state index >= 15 is 0 Å². The van der Waals surface area contributed by atoms with Crippen LogP contribution < -0.4 is 11.3 Å². The van der Waals surface area contributed by atoms with Crippen molar-refractivity contribution in [3.63, 3.8) is 0 Å². The Balaban J connectivity index is 2.24. The Morgan fingerprint density at radius 3 is 3.08 bits per heavy atom.